The van der Waals surface area contributed by atoms with Gasteiger partial charge in [-0.1, -0.05) is 42.3 Å². The number of hydrazine groups is 1. The molecule has 0 atom stereocenters. The first-order valence-electron chi connectivity index (χ1n) is 9.05. The third-order valence-electron chi connectivity index (χ3n) is 4.29. The highest BCUT2D eigenvalue weighted by Gasteiger charge is 2.50. The molecular formula is C19H21Cl2F3N4O2S. The highest BCUT2D eigenvalue weighted by molar-refractivity contribution is 7.93. The zero-order chi connectivity index (χ0) is 23.6. The molecule has 170 valence electrons. The molecule has 0 fully saturated rings. The van der Waals surface area contributed by atoms with Crippen LogP contribution in [-0.2, 0) is 10.0 Å². The van der Waals surface area contributed by atoms with Crippen LogP contribution in [0, 0.1) is 6.92 Å². The van der Waals surface area contributed by atoms with Gasteiger partial charge in [0.25, 0.3) is 0 Å². The summed E-state index contributed by atoms with van der Waals surface area (Å²) in [6.45, 7) is 5.73. The SMILES string of the molecule is CCCN(/N=C(\C)c1cc(Cl)ccc1N(N)S(=O)(=O)C(F)(F)F)c1c(C)cccc1Cl. The summed E-state index contributed by atoms with van der Waals surface area (Å²) >= 11 is 12.4. The number of rotatable bonds is 7. The van der Waals surface area contributed by atoms with Gasteiger partial charge >= 0.3 is 15.5 Å². The Balaban J connectivity index is 2.64. The number of nitrogens with zero attached hydrogens (tertiary/aromatic N) is 3. The number of benzene rings is 2. The van der Waals surface area contributed by atoms with E-state index in [0.29, 0.717) is 23.7 Å². The van der Waals surface area contributed by atoms with Crippen molar-refractivity contribution in [2.24, 2.45) is 10.9 Å². The Bertz CT molecular complexity index is 1070. The summed E-state index contributed by atoms with van der Waals surface area (Å²) in [7, 11) is -5.82. The summed E-state index contributed by atoms with van der Waals surface area (Å²) in [6.07, 6.45) is 0.690. The fourth-order valence-corrected chi connectivity index (χ4v) is 3.97. The molecule has 0 bridgehead atoms. The Morgan fingerprint density at radius 1 is 1.19 bits per heavy atom. The summed E-state index contributed by atoms with van der Waals surface area (Å²) in [5, 5.41) is 6.72. The van der Waals surface area contributed by atoms with Gasteiger partial charge in [-0.3, -0.25) is 5.01 Å². The highest BCUT2D eigenvalue weighted by Crippen LogP contribution is 2.33. The minimum atomic E-state index is -5.82. The Kier molecular flexibility index (Phi) is 7.85. The van der Waals surface area contributed by atoms with E-state index in [2.05, 4.69) is 5.10 Å². The Labute approximate surface area is 189 Å². The molecule has 2 N–H and O–H groups in total. The van der Waals surface area contributed by atoms with Crippen molar-refractivity contribution >= 4 is 50.3 Å². The number of para-hydroxylation sites is 1. The number of hydrogen-bond acceptors (Lipinski definition) is 5. The lowest BCUT2D eigenvalue weighted by Crippen LogP contribution is -2.46. The van der Waals surface area contributed by atoms with E-state index in [0.717, 1.165) is 11.6 Å². The molecular weight excluding hydrogens is 476 g/mol. The fourth-order valence-electron chi connectivity index (χ4n) is 2.84. The molecule has 0 amide bonds. The topological polar surface area (TPSA) is 79.0 Å². The molecule has 0 heterocycles. The first-order valence-corrected chi connectivity index (χ1v) is 11.2. The van der Waals surface area contributed by atoms with Crippen molar-refractivity contribution in [3.05, 3.63) is 57.6 Å². The van der Waals surface area contributed by atoms with E-state index < -0.39 is 21.2 Å². The van der Waals surface area contributed by atoms with Crippen molar-refractivity contribution in [2.45, 2.75) is 32.7 Å². The van der Waals surface area contributed by atoms with Crippen LogP contribution in [0.4, 0.5) is 24.5 Å². The van der Waals surface area contributed by atoms with Gasteiger partial charge in [-0.2, -0.15) is 31.1 Å². The minimum Gasteiger partial charge on any atom is -0.264 e. The number of sulfonamides is 1. The van der Waals surface area contributed by atoms with Gasteiger partial charge in [-0.05, 0) is 50.1 Å². The predicted molar refractivity (Wildman–Crippen MR) is 119 cm³/mol. The first kappa shape index (κ1) is 25.3. The largest absolute Gasteiger partial charge is 0.518 e. The second-order valence-corrected chi connectivity index (χ2v) is 9.27. The van der Waals surface area contributed by atoms with Crippen molar-refractivity contribution in [2.75, 3.05) is 16.0 Å². The van der Waals surface area contributed by atoms with Crippen LogP contribution in [-0.4, -0.2) is 26.2 Å². The maximum Gasteiger partial charge on any atom is 0.518 e. The Hall–Kier alpha value is -2.01. The van der Waals surface area contributed by atoms with E-state index in [1.54, 1.807) is 17.1 Å². The second-order valence-electron chi connectivity index (χ2n) is 6.62. The number of nitrogens with two attached hydrogens (primary N) is 1. The molecule has 0 spiro atoms. The van der Waals surface area contributed by atoms with Crippen LogP contribution in [0.3, 0.4) is 0 Å². The summed E-state index contributed by atoms with van der Waals surface area (Å²) in [5.41, 5.74) is -4.32. The first-order chi connectivity index (χ1) is 14.3. The Morgan fingerprint density at radius 2 is 1.84 bits per heavy atom. The van der Waals surface area contributed by atoms with E-state index in [4.69, 9.17) is 29.0 Å². The quantitative estimate of drug-likeness (QED) is 0.313. The molecule has 0 unspecified atom stereocenters. The lowest BCUT2D eigenvalue weighted by Gasteiger charge is -2.25. The molecule has 0 aromatic heterocycles. The summed E-state index contributed by atoms with van der Waals surface area (Å²) in [5.74, 6) is 5.39. The average molecular weight is 497 g/mol. The highest BCUT2D eigenvalue weighted by atomic mass is 35.5. The molecule has 2 rings (SSSR count). The van der Waals surface area contributed by atoms with Gasteiger partial charge in [-0.25, -0.2) is 5.84 Å². The molecule has 2 aromatic carbocycles. The van der Waals surface area contributed by atoms with Gasteiger partial charge < -0.3 is 0 Å². The van der Waals surface area contributed by atoms with Crippen molar-refractivity contribution < 1.29 is 21.6 Å². The molecule has 12 heteroatoms. The summed E-state index contributed by atoms with van der Waals surface area (Å²) in [6, 6.07) is 8.94. The number of alkyl halides is 3. The maximum absolute atomic E-state index is 13.0. The van der Waals surface area contributed by atoms with Crippen LogP contribution in [0.15, 0.2) is 41.5 Å². The molecule has 31 heavy (non-hydrogen) atoms. The Morgan fingerprint density at radius 3 is 2.39 bits per heavy atom. The summed E-state index contributed by atoms with van der Waals surface area (Å²) < 4.78 is 62.4. The van der Waals surface area contributed by atoms with Crippen molar-refractivity contribution in [3.63, 3.8) is 0 Å². The van der Waals surface area contributed by atoms with E-state index in [-0.39, 0.29) is 20.7 Å². The van der Waals surface area contributed by atoms with E-state index in [1.807, 2.05) is 19.9 Å². The minimum absolute atomic E-state index is 0.0219. The fraction of sp³-hybridized carbons (Fsp3) is 0.316. The van der Waals surface area contributed by atoms with Gasteiger partial charge in [0.15, 0.2) is 0 Å². The second kappa shape index (κ2) is 9.64. The molecule has 0 saturated heterocycles. The van der Waals surface area contributed by atoms with Crippen LogP contribution in [0.2, 0.25) is 10.0 Å². The van der Waals surface area contributed by atoms with Crippen LogP contribution in [0.5, 0.6) is 0 Å². The molecule has 0 aliphatic carbocycles. The number of hydrazone groups is 1. The van der Waals surface area contributed by atoms with E-state index in [1.165, 1.54) is 19.1 Å². The third kappa shape index (κ3) is 5.43. The standard InChI is InChI=1S/C19H21Cl2F3N4O2S/c1-4-10-27(18-12(2)6-5-7-16(18)21)26-13(3)15-11-14(20)8-9-17(15)28(25)31(29,30)19(22,23)24/h5-9,11H,4,10,25H2,1-3H3/b26-13+. The van der Waals surface area contributed by atoms with Crippen LogP contribution in [0.1, 0.15) is 31.4 Å². The zero-order valence-corrected chi connectivity index (χ0v) is 19.2. The van der Waals surface area contributed by atoms with Gasteiger partial charge in [0.05, 0.1) is 22.1 Å². The van der Waals surface area contributed by atoms with Crippen LogP contribution < -0.4 is 15.3 Å². The molecule has 2 aromatic rings. The lowest BCUT2D eigenvalue weighted by atomic mass is 10.1. The zero-order valence-electron chi connectivity index (χ0n) is 16.9. The van der Waals surface area contributed by atoms with Gasteiger partial charge in [0.2, 0.25) is 0 Å². The monoisotopic (exact) mass is 496 g/mol. The van der Waals surface area contributed by atoms with Gasteiger partial charge in [0.1, 0.15) is 0 Å². The van der Waals surface area contributed by atoms with Gasteiger partial charge in [-0.15, -0.1) is 0 Å². The average Bonchev–Trinajstić information content (AvgIpc) is 2.66. The van der Waals surface area contributed by atoms with Crippen molar-refractivity contribution in [3.8, 4) is 0 Å². The number of hydrogen-bond donors (Lipinski definition) is 1. The number of aryl methyl sites for hydroxylation is 1. The normalized spacial score (nSPS) is 12.7. The molecule has 0 radical (unpaired) electrons. The van der Waals surface area contributed by atoms with Crippen LogP contribution >= 0.6 is 23.2 Å². The molecule has 0 saturated carbocycles. The number of anilines is 2. The van der Waals surface area contributed by atoms with E-state index in [9.17, 15) is 21.6 Å². The smallest absolute Gasteiger partial charge is 0.264 e. The third-order valence-corrected chi connectivity index (χ3v) is 6.13. The summed E-state index contributed by atoms with van der Waals surface area (Å²) in [4.78, 5) is 0. The number of halogens is 5. The molecule has 0 aliphatic rings. The van der Waals surface area contributed by atoms with Crippen molar-refractivity contribution in [1.82, 2.24) is 0 Å². The predicted octanol–water partition coefficient (Wildman–Crippen LogP) is 5.47. The van der Waals surface area contributed by atoms with Crippen LogP contribution in [0.25, 0.3) is 0 Å². The lowest BCUT2D eigenvalue weighted by molar-refractivity contribution is -0.0438. The maximum atomic E-state index is 13.0. The van der Waals surface area contributed by atoms with E-state index >= 15 is 0 Å². The van der Waals surface area contributed by atoms with Gasteiger partial charge in [0, 0.05) is 17.1 Å². The molecule has 0 aliphatic heterocycles. The molecule has 6 nitrogen and oxygen atoms in total. The van der Waals surface area contributed by atoms with Crippen molar-refractivity contribution in [1.29, 1.82) is 0 Å².